The molecule has 11 heteroatoms. The molecule has 0 spiro atoms. The standard InChI is InChI=1S/C11H8BrF6NO3/c1-2-21-9(20)7-6(22-11(16,17)18)4-19-5(3-12)8(7)10(13,14)15/h4H,2-3H2,1H3. The Morgan fingerprint density at radius 1 is 1.27 bits per heavy atom. The van der Waals surface area contributed by atoms with Crippen LogP contribution in [-0.2, 0) is 16.2 Å². The average Bonchev–Trinajstić information content (AvgIpc) is 2.35. The highest BCUT2D eigenvalue weighted by Gasteiger charge is 2.43. The van der Waals surface area contributed by atoms with Crippen molar-refractivity contribution in [3.63, 3.8) is 0 Å². The van der Waals surface area contributed by atoms with E-state index in [1.165, 1.54) is 6.92 Å². The molecule has 0 saturated heterocycles. The van der Waals surface area contributed by atoms with Crippen LogP contribution in [-0.4, -0.2) is 23.9 Å². The summed E-state index contributed by atoms with van der Waals surface area (Å²) in [5.74, 6) is -2.96. The number of hydrogen-bond donors (Lipinski definition) is 0. The van der Waals surface area contributed by atoms with Crippen molar-refractivity contribution in [2.75, 3.05) is 6.61 Å². The Hall–Kier alpha value is -1.52. The summed E-state index contributed by atoms with van der Waals surface area (Å²) in [5, 5.41) is -0.430. The molecule has 1 aromatic heterocycles. The van der Waals surface area contributed by atoms with Gasteiger partial charge in [-0.1, -0.05) is 15.9 Å². The van der Waals surface area contributed by atoms with Crippen molar-refractivity contribution < 1.29 is 40.6 Å². The lowest BCUT2D eigenvalue weighted by Crippen LogP contribution is -2.24. The van der Waals surface area contributed by atoms with E-state index in [2.05, 4.69) is 30.4 Å². The lowest BCUT2D eigenvalue weighted by Gasteiger charge is -2.19. The Kier molecular flexibility index (Phi) is 5.65. The SMILES string of the molecule is CCOC(=O)c1c(OC(F)(F)F)cnc(CBr)c1C(F)(F)F. The van der Waals surface area contributed by atoms with Gasteiger partial charge in [0.25, 0.3) is 0 Å². The van der Waals surface area contributed by atoms with E-state index >= 15 is 0 Å². The molecule has 0 N–H and O–H groups in total. The number of rotatable bonds is 4. The molecule has 1 heterocycles. The molecular weight excluding hydrogens is 388 g/mol. The summed E-state index contributed by atoms with van der Waals surface area (Å²) in [5.41, 5.74) is -3.66. The molecule has 0 unspecified atom stereocenters. The van der Waals surface area contributed by atoms with Crippen LogP contribution < -0.4 is 4.74 Å². The number of ether oxygens (including phenoxy) is 2. The van der Waals surface area contributed by atoms with E-state index in [4.69, 9.17) is 0 Å². The van der Waals surface area contributed by atoms with Crippen molar-refractivity contribution in [3.8, 4) is 5.75 Å². The molecule has 0 bridgehead atoms. The first kappa shape index (κ1) is 18.5. The third-order valence-corrected chi connectivity index (χ3v) is 2.77. The second kappa shape index (κ2) is 6.71. The summed E-state index contributed by atoms with van der Waals surface area (Å²) in [6.45, 7) is 0.968. The van der Waals surface area contributed by atoms with Gasteiger partial charge < -0.3 is 9.47 Å². The summed E-state index contributed by atoms with van der Waals surface area (Å²) in [6, 6.07) is 0. The molecule has 0 atom stereocenters. The third-order valence-electron chi connectivity index (χ3n) is 2.24. The number of nitrogens with zero attached hydrogens (tertiary/aromatic N) is 1. The molecule has 0 aliphatic carbocycles. The predicted molar refractivity (Wildman–Crippen MR) is 64.5 cm³/mol. The maximum absolute atomic E-state index is 13.1. The quantitative estimate of drug-likeness (QED) is 0.438. The minimum Gasteiger partial charge on any atom is -0.462 e. The minimum absolute atomic E-state index is 0.326. The number of hydrogen-bond acceptors (Lipinski definition) is 4. The van der Waals surface area contributed by atoms with E-state index in [-0.39, 0.29) is 6.61 Å². The highest BCUT2D eigenvalue weighted by Crippen LogP contribution is 2.40. The fourth-order valence-corrected chi connectivity index (χ4v) is 1.97. The van der Waals surface area contributed by atoms with Crippen LogP contribution in [0.3, 0.4) is 0 Å². The predicted octanol–water partition coefficient (Wildman–Crippen LogP) is 4.07. The van der Waals surface area contributed by atoms with Gasteiger partial charge in [0.1, 0.15) is 5.56 Å². The lowest BCUT2D eigenvalue weighted by molar-refractivity contribution is -0.275. The van der Waals surface area contributed by atoms with Crippen molar-refractivity contribution in [2.24, 2.45) is 0 Å². The molecule has 0 aromatic carbocycles. The Labute approximate surface area is 128 Å². The van der Waals surface area contributed by atoms with Gasteiger partial charge in [0, 0.05) is 5.33 Å². The monoisotopic (exact) mass is 395 g/mol. The summed E-state index contributed by atoms with van der Waals surface area (Å²) < 4.78 is 84.0. The van der Waals surface area contributed by atoms with Crippen molar-refractivity contribution in [2.45, 2.75) is 24.8 Å². The zero-order valence-corrected chi connectivity index (χ0v) is 12.4. The Morgan fingerprint density at radius 2 is 1.86 bits per heavy atom. The van der Waals surface area contributed by atoms with E-state index in [1.807, 2.05) is 0 Å². The normalized spacial score (nSPS) is 12.2. The molecule has 1 rings (SSSR count). The van der Waals surface area contributed by atoms with Gasteiger partial charge >= 0.3 is 18.5 Å². The number of esters is 1. The van der Waals surface area contributed by atoms with E-state index in [9.17, 15) is 31.1 Å². The summed E-state index contributed by atoms with van der Waals surface area (Å²) in [6.07, 6.45) is -10.0. The number of carbonyl (C=O) groups excluding carboxylic acids is 1. The molecule has 0 aliphatic rings. The topological polar surface area (TPSA) is 48.4 Å². The van der Waals surface area contributed by atoms with Crippen molar-refractivity contribution >= 4 is 21.9 Å². The fourth-order valence-electron chi connectivity index (χ4n) is 1.55. The van der Waals surface area contributed by atoms with Gasteiger partial charge in [0.2, 0.25) is 0 Å². The third kappa shape index (κ3) is 4.49. The van der Waals surface area contributed by atoms with Crippen LogP contribution in [0.2, 0.25) is 0 Å². The Bertz CT molecular complexity index is 558. The zero-order valence-electron chi connectivity index (χ0n) is 10.8. The van der Waals surface area contributed by atoms with Crippen molar-refractivity contribution in [1.82, 2.24) is 4.98 Å². The first-order valence-corrected chi connectivity index (χ1v) is 6.71. The molecule has 124 valence electrons. The van der Waals surface area contributed by atoms with Gasteiger partial charge in [0.05, 0.1) is 24.1 Å². The van der Waals surface area contributed by atoms with Crippen molar-refractivity contribution in [3.05, 3.63) is 23.0 Å². The molecule has 0 radical (unpaired) electrons. The molecule has 1 aromatic rings. The molecule has 0 aliphatic heterocycles. The van der Waals surface area contributed by atoms with Gasteiger partial charge in [0.15, 0.2) is 5.75 Å². The fraction of sp³-hybridized carbons (Fsp3) is 0.455. The lowest BCUT2D eigenvalue weighted by atomic mass is 10.1. The number of halogens is 7. The molecule has 0 fully saturated rings. The van der Waals surface area contributed by atoms with Gasteiger partial charge in [-0.2, -0.15) is 13.2 Å². The number of carbonyl (C=O) groups is 1. The smallest absolute Gasteiger partial charge is 0.462 e. The van der Waals surface area contributed by atoms with Crippen LogP contribution in [0.4, 0.5) is 26.3 Å². The van der Waals surface area contributed by atoms with E-state index in [1.54, 1.807) is 0 Å². The second-order valence-electron chi connectivity index (χ2n) is 3.72. The van der Waals surface area contributed by atoms with Crippen LogP contribution in [0.1, 0.15) is 28.5 Å². The van der Waals surface area contributed by atoms with Gasteiger partial charge in [-0.25, -0.2) is 4.79 Å². The largest absolute Gasteiger partial charge is 0.573 e. The van der Waals surface area contributed by atoms with E-state index < -0.39 is 46.4 Å². The highest BCUT2D eigenvalue weighted by atomic mass is 79.9. The summed E-state index contributed by atoms with van der Waals surface area (Å²) >= 11 is 2.73. The Morgan fingerprint density at radius 3 is 2.27 bits per heavy atom. The molecule has 4 nitrogen and oxygen atoms in total. The van der Waals surface area contributed by atoms with Crippen LogP contribution in [0.25, 0.3) is 0 Å². The highest BCUT2D eigenvalue weighted by molar-refractivity contribution is 9.08. The number of aromatic nitrogens is 1. The van der Waals surface area contributed by atoms with Crippen LogP contribution in [0.15, 0.2) is 6.20 Å². The number of pyridine rings is 1. The summed E-state index contributed by atoms with van der Waals surface area (Å²) in [4.78, 5) is 14.9. The zero-order chi connectivity index (χ0) is 17.1. The average molecular weight is 396 g/mol. The van der Waals surface area contributed by atoms with Gasteiger partial charge in [-0.3, -0.25) is 4.98 Å². The van der Waals surface area contributed by atoms with Crippen LogP contribution in [0, 0.1) is 0 Å². The molecule has 0 amide bonds. The maximum atomic E-state index is 13.1. The maximum Gasteiger partial charge on any atom is 0.573 e. The van der Waals surface area contributed by atoms with Gasteiger partial charge in [-0.15, -0.1) is 13.2 Å². The number of alkyl halides is 7. The molecule has 0 saturated carbocycles. The molecular formula is C11H8BrF6NO3. The molecule has 22 heavy (non-hydrogen) atoms. The summed E-state index contributed by atoms with van der Waals surface area (Å²) in [7, 11) is 0. The van der Waals surface area contributed by atoms with E-state index in [0.29, 0.717) is 6.20 Å². The van der Waals surface area contributed by atoms with E-state index in [0.717, 1.165) is 0 Å². The first-order chi connectivity index (χ1) is 10.0. The van der Waals surface area contributed by atoms with Crippen LogP contribution in [0.5, 0.6) is 5.75 Å². The first-order valence-electron chi connectivity index (χ1n) is 5.59. The Balaban J connectivity index is 3.62. The van der Waals surface area contributed by atoms with Crippen molar-refractivity contribution in [1.29, 1.82) is 0 Å². The second-order valence-corrected chi connectivity index (χ2v) is 4.28. The minimum atomic E-state index is -5.29. The van der Waals surface area contributed by atoms with Gasteiger partial charge in [-0.05, 0) is 6.92 Å². The van der Waals surface area contributed by atoms with Crippen LogP contribution >= 0.6 is 15.9 Å².